The Bertz CT molecular complexity index is 1360. The zero-order valence-corrected chi connectivity index (χ0v) is 20.9. The minimum Gasteiger partial charge on any atom is -0.490 e. The molecule has 3 aromatic rings. The lowest BCUT2D eigenvalue weighted by atomic mass is 10.1. The fourth-order valence-corrected chi connectivity index (χ4v) is 3.83. The van der Waals surface area contributed by atoms with Gasteiger partial charge in [0.15, 0.2) is 11.5 Å². The van der Waals surface area contributed by atoms with Crippen molar-refractivity contribution in [3.63, 3.8) is 0 Å². The number of carbonyl (C=O) groups is 3. The summed E-state index contributed by atoms with van der Waals surface area (Å²) in [5.41, 5.74) is 4.08. The van der Waals surface area contributed by atoms with E-state index in [0.29, 0.717) is 41.0 Å². The summed E-state index contributed by atoms with van der Waals surface area (Å²) in [6.45, 7) is 6.73. The Balaban J connectivity index is 1.60. The fourth-order valence-electron chi connectivity index (χ4n) is 3.71. The SMILES string of the molecule is CCOc1cc(/C=C2\C(=O)NC(=O)N(c3ccc(Cl)cc3)C2=O)ccc1OCc1ccc(C)c(C)c1. The molecular formula is C28H25ClN2O5. The van der Waals surface area contributed by atoms with E-state index in [1.807, 2.05) is 13.0 Å². The van der Waals surface area contributed by atoms with Gasteiger partial charge in [-0.15, -0.1) is 0 Å². The second-order valence-electron chi connectivity index (χ2n) is 8.28. The van der Waals surface area contributed by atoms with E-state index in [4.69, 9.17) is 21.1 Å². The van der Waals surface area contributed by atoms with Crippen LogP contribution in [-0.4, -0.2) is 24.5 Å². The Kier molecular flexibility index (Phi) is 7.41. The minimum atomic E-state index is -0.824. The van der Waals surface area contributed by atoms with Gasteiger partial charge in [-0.3, -0.25) is 14.9 Å². The van der Waals surface area contributed by atoms with E-state index in [9.17, 15) is 14.4 Å². The molecule has 4 amide bonds. The van der Waals surface area contributed by atoms with Crippen LogP contribution in [-0.2, 0) is 16.2 Å². The Morgan fingerprint density at radius 3 is 2.33 bits per heavy atom. The zero-order chi connectivity index (χ0) is 25.8. The maximum absolute atomic E-state index is 13.1. The van der Waals surface area contributed by atoms with Gasteiger partial charge in [0.1, 0.15) is 12.2 Å². The van der Waals surface area contributed by atoms with Crippen LogP contribution >= 0.6 is 11.6 Å². The van der Waals surface area contributed by atoms with Crippen LogP contribution in [0.4, 0.5) is 10.5 Å². The van der Waals surface area contributed by atoms with Crippen molar-refractivity contribution in [2.75, 3.05) is 11.5 Å². The molecule has 0 radical (unpaired) electrons. The first-order chi connectivity index (χ1) is 17.3. The van der Waals surface area contributed by atoms with Gasteiger partial charge >= 0.3 is 6.03 Å². The van der Waals surface area contributed by atoms with Crippen molar-refractivity contribution in [2.24, 2.45) is 0 Å². The topological polar surface area (TPSA) is 84.9 Å². The van der Waals surface area contributed by atoms with E-state index >= 15 is 0 Å². The molecule has 0 atom stereocenters. The molecule has 1 fully saturated rings. The highest BCUT2D eigenvalue weighted by molar-refractivity contribution is 6.39. The predicted octanol–water partition coefficient (Wildman–Crippen LogP) is 5.60. The van der Waals surface area contributed by atoms with Gasteiger partial charge < -0.3 is 9.47 Å². The lowest BCUT2D eigenvalue weighted by molar-refractivity contribution is -0.122. The van der Waals surface area contributed by atoms with Crippen LogP contribution in [0.3, 0.4) is 0 Å². The lowest BCUT2D eigenvalue weighted by Crippen LogP contribution is -2.54. The van der Waals surface area contributed by atoms with Crippen molar-refractivity contribution >= 4 is 41.2 Å². The molecule has 0 spiro atoms. The minimum absolute atomic E-state index is 0.184. The van der Waals surface area contributed by atoms with Crippen LogP contribution in [0.25, 0.3) is 6.08 Å². The number of anilines is 1. The number of ether oxygens (including phenoxy) is 2. The highest BCUT2D eigenvalue weighted by Gasteiger charge is 2.36. The van der Waals surface area contributed by atoms with E-state index in [2.05, 4.69) is 31.3 Å². The van der Waals surface area contributed by atoms with E-state index in [0.717, 1.165) is 10.5 Å². The molecule has 3 aromatic carbocycles. The number of rotatable bonds is 7. The first-order valence-corrected chi connectivity index (χ1v) is 11.8. The summed E-state index contributed by atoms with van der Waals surface area (Å²) in [5, 5.41) is 2.67. The van der Waals surface area contributed by atoms with E-state index in [1.54, 1.807) is 30.3 Å². The van der Waals surface area contributed by atoms with Gasteiger partial charge in [0.05, 0.1) is 12.3 Å². The van der Waals surface area contributed by atoms with Gasteiger partial charge in [0.25, 0.3) is 11.8 Å². The van der Waals surface area contributed by atoms with Gasteiger partial charge in [-0.05, 0) is 85.5 Å². The highest BCUT2D eigenvalue weighted by Crippen LogP contribution is 2.31. The molecule has 1 heterocycles. The second kappa shape index (κ2) is 10.7. The number of carbonyl (C=O) groups excluding carboxylic acids is 3. The largest absolute Gasteiger partial charge is 0.490 e. The number of aryl methyl sites for hydroxylation is 2. The van der Waals surface area contributed by atoms with Crippen LogP contribution in [0.5, 0.6) is 11.5 Å². The number of imide groups is 2. The Morgan fingerprint density at radius 2 is 1.64 bits per heavy atom. The van der Waals surface area contributed by atoms with Gasteiger partial charge in [-0.2, -0.15) is 0 Å². The van der Waals surface area contributed by atoms with Gasteiger partial charge in [-0.25, -0.2) is 9.69 Å². The molecule has 0 bridgehead atoms. The number of halogens is 1. The molecule has 0 aliphatic carbocycles. The van der Waals surface area contributed by atoms with Crippen molar-refractivity contribution < 1.29 is 23.9 Å². The fraction of sp³-hybridized carbons (Fsp3) is 0.179. The van der Waals surface area contributed by atoms with Crippen molar-refractivity contribution in [1.82, 2.24) is 5.32 Å². The number of benzene rings is 3. The number of hydrogen-bond acceptors (Lipinski definition) is 5. The number of hydrogen-bond donors (Lipinski definition) is 1. The van der Waals surface area contributed by atoms with Crippen LogP contribution in [0, 0.1) is 13.8 Å². The summed E-state index contributed by atoms with van der Waals surface area (Å²) in [4.78, 5) is 38.9. The van der Waals surface area contributed by atoms with Crippen molar-refractivity contribution in [3.05, 3.63) is 93.5 Å². The van der Waals surface area contributed by atoms with Crippen LogP contribution < -0.4 is 19.7 Å². The molecule has 1 aliphatic rings. The molecule has 4 rings (SSSR count). The van der Waals surface area contributed by atoms with Gasteiger partial charge in [0.2, 0.25) is 0 Å². The summed E-state index contributed by atoms with van der Waals surface area (Å²) in [6, 6.07) is 16.6. The first-order valence-electron chi connectivity index (χ1n) is 11.4. The Morgan fingerprint density at radius 1 is 0.889 bits per heavy atom. The predicted molar refractivity (Wildman–Crippen MR) is 138 cm³/mol. The first kappa shape index (κ1) is 25.0. The summed E-state index contributed by atoms with van der Waals surface area (Å²) >= 11 is 5.91. The molecule has 1 N–H and O–H groups in total. The molecule has 0 aromatic heterocycles. The summed E-state index contributed by atoms with van der Waals surface area (Å²) in [5.74, 6) is -0.498. The normalized spacial score (nSPS) is 14.7. The summed E-state index contributed by atoms with van der Waals surface area (Å²) in [6.07, 6.45) is 1.42. The van der Waals surface area contributed by atoms with E-state index in [1.165, 1.54) is 29.3 Å². The molecule has 7 nitrogen and oxygen atoms in total. The molecule has 36 heavy (non-hydrogen) atoms. The molecule has 1 aliphatic heterocycles. The lowest BCUT2D eigenvalue weighted by Gasteiger charge is -2.26. The molecule has 184 valence electrons. The molecular weight excluding hydrogens is 480 g/mol. The molecule has 1 saturated heterocycles. The van der Waals surface area contributed by atoms with E-state index < -0.39 is 17.8 Å². The Hall–Kier alpha value is -4.10. The number of amides is 4. The van der Waals surface area contributed by atoms with Crippen LogP contribution in [0.15, 0.2) is 66.2 Å². The van der Waals surface area contributed by atoms with Crippen molar-refractivity contribution in [1.29, 1.82) is 0 Å². The van der Waals surface area contributed by atoms with Crippen LogP contribution in [0.1, 0.15) is 29.2 Å². The third-order valence-electron chi connectivity index (χ3n) is 5.73. The van der Waals surface area contributed by atoms with E-state index in [-0.39, 0.29) is 5.57 Å². The van der Waals surface area contributed by atoms with Gasteiger partial charge in [-0.1, -0.05) is 35.9 Å². The van der Waals surface area contributed by atoms with Crippen molar-refractivity contribution in [3.8, 4) is 11.5 Å². The third-order valence-corrected chi connectivity index (χ3v) is 5.98. The molecule has 0 unspecified atom stereocenters. The average Bonchev–Trinajstić information content (AvgIpc) is 2.84. The van der Waals surface area contributed by atoms with Crippen molar-refractivity contribution in [2.45, 2.75) is 27.4 Å². The van der Waals surface area contributed by atoms with Crippen LogP contribution in [0.2, 0.25) is 5.02 Å². The summed E-state index contributed by atoms with van der Waals surface area (Å²) in [7, 11) is 0. The quantitative estimate of drug-likeness (QED) is 0.334. The average molecular weight is 505 g/mol. The maximum atomic E-state index is 13.1. The zero-order valence-electron chi connectivity index (χ0n) is 20.1. The number of nitrogens with one attached hydrogen (secondary N) is 1. The second-order valence-corrected chi connectivity index (χ2v) is 8.72. The number of barbiturate groups is 1. The maximum Gasteiger partial charge on any atom is 0.335 e. The number of urea groups is 1. The Labute approximate surface area is 214 Å². The third kappa shape index (κ3) is 5.42. The number of nitrogens with zero attached hydrogens (tertiary/aromatic N) is 1. The smallest absolute Gasteiger partial charge is 0.335 e. The molecule has 8 heteroatoms. The highest BCUT2D eigenvalue weighted by atomic mass is 35.5. The standard InChI is InChI=1S/C28H25ClN2O5/c1-4-35-25-15-19(7-12-24(25)36-16-20-6-5-17(2)18(3)13-20)14-23-26(32)30-28(34)31(27(23)33)22-10-8-21(29)9-11-22/h5-15H,4,16H2,1-3H3,(H,30,32,34)/b23-14+. The summed E-state index contributed by atoms with van der Waals surface area (Å²) < 4.78 is 11.8. The molecule has 0 saturated carbocycles. The monoisotopic (exact) mass is 504 g/mol. The van der Waals surface area contributed by atoms with Gasteiger partial charge in [0, 0.05) is 5.02 Å².